The molecule has 0 spiro atoms. The van der Waals surface area contributed by atoms with Crippen molar-refractivity contribution in [1.29, 1.82) is 0 Å². The summed E-state index contributed by atoms with van der Waals surface area (Å²) in [5.41, 5.74) is 4.65. The Morgan fingerprint density at radius 3 is 2.40 bits per heavy atom. The smallest absolute Gasteiger partial charge is 0.224 e. The molecule has 1 heterocycles. The molecule has 2 aromatic carbocycles. The summed E-state index contributed by atoms with van der Waals surface area (Å²) in [6.45, 7) is 2.42. The van der Waals surface area contributed by atoms with Gasteiger partial charge in [-0.3, -0.25) is 0 Å². The number of benzene rings is 2. The van der Waals surface area contributed by atoms with Gasteiger partial charge in [0.2, 0.25) is 11.8 Å². The van der Waals surface area contributed by atoms with E-state index in [4.69, 9.17) is 24.8 Å². The van der Waals surface area contributed by atoms with Crippen LogP contribution in [0.2, 0.25) is 0 Å². The Bertz CT molecular complexity index is 1020. The van der Waals surface area contributed by atoms with Gasteiger partial charge in [-0.25, -0.2) is 5.84 Å². The van der Waals surface area contributed by atoms with Crippen LogP contribution in [-0.4, -0.2) is 33.4 Å². The summed E-state index contributed by atoms with van der Waals surface area (Å²) in [4.78, 5) is 4.37. The van der Waals surface area contributed by atoms with Gasteiger partial charge >= 0.3 is 0 Å². The highest BCUT2D eigenvalue weighted by Crippen LogP contribution is 2.39. The Morgan fingerprint density at radius 2 is 1.73 bits per heavy atom. The predicted molar refractivity (Wildman–Crippen MR) is 117 cm³/mol. The van der Waals surface area contributed by atoms with Crippen LogP contribution in [0.15, 0.2) is 48.5 Å². The quantitative estimate of drug-likeness (QED) is 0.445. The summed E-state index contributed by atoms with van der Waals surface area (Å²) < 4.78 is 22.3. The maximum absolute atomic E-state index is 6.12. The van der Waals surface area contributed by atoms with Crippen LogP contribution in [0, 0.1) is 6.92 Å². The molecule has 0 fully saturated rings. The number of aryl methyl sites for hydroxylation is 1. The zero-order valence-electron chi connectivity index (χ0n) is 17.9. The largest absolute Gasteiger partial charge is 0.496 e. The van der Waals surface area contributed by atoms with Gasteiger partial charge in [-0.05, 0) is 42.8 Å². The number of rotatable bonds is 8. The topological polar surface area (TPSA) is 79.1 Å². The van der Waals surface area contributed by atoms with Crippen LogP contribution in [0.3, 0.4) is 0 Å². The van der Waals surface area contributed by atoms with Crippen molar-refractivity contribution in [3.05, 3.63) is 59.7 Å². The third-order valence-electron chi connectivity index (χ3n) is 4.85. The SMILES string of the molecule is COc1ccc(-c2cc(OCc3c(C)cccc3N(C)N)ccc2OC)c(OC)n1. The van der Waals surface area contributed by atoms with E-state index in [0.717, 1.165) is 27.9 Å². The summed E-state index contributed by atoms with van der Waals surface area (Å²) in [5.74, 6) is 8.27. The van der Waals surface area contributed by atoms with Crippen LogP contribution in [0.1, 0.15) is 11.1 Å². The summed E-state index contributed by atoms with van der Waals surface area (Å²) in [7, 11) is 6.57. The summed E-state index contributed by atoms with van der Waals surface area (Å²) in [5, 5.41) is 1.60. The maximum atomic E-state index is 6.12. The molecular weight excluding hydrogens is 382 g/mol. The summed E-state index contributed by atoms with van der Waals surface area (Å²) in [6, 6.07) is 15.3. The van der Waals surface area contributed by atoms with Gasteiger partial charge in [0, 0.05) is 29.8 Å². The standard InChI is InChI=1S/C23H27N3O4/c1-15-7-6-8-20(26(2)24)19(15)14-30-16-9-11-21(27-3)18(13-16)17-10-12-22(28-4)25-23(17)29-5/h6-13H,14,24H2,1-5H3. The van der Waals surface area contributed by atoms with Crippen molar-refractivity contribution in [2.75, 3.05) is 33.4 Å². The molecular formula is C23H27N3O4. The van der Waals surface area contributed by atoms with Gasteiger partial charge < -0.3 is 24.0 Å². The molecule has 0 aliphatic carbocycles. The van der Waals surface area contributed by atoms with Gasteiger partial charge in [-0.15, -0.1) is 0 Å². The average molecular weight is 409 g/mol. The maximum Gasteiger partial charge on any atom is 0.224 e. The zero-order chi connectivity index (χ0) is 21.7. The van der Waals surface area contributed by atoms with Gasteiger partial charge in [0.05, 0.1) is 27.0 Å². The second-order valence-corrected chi connectivity index (χ2v) is 6.74. The molecule has 0 aliphatic heterocycles. The summed E-state index contributed by atoms with van der Waals surface area (Å²) in [6.07, 6.45) is 0. The van der Waals surface area contributed by atoms with Crippen molar-refractivity contribution in [3.8, 4) is 34.4 Å². The molecule has 7 heteroatoms. The molecule has 0 aliphatic rings. The lowest BCUT2D eigenvalue weighted by Crippen LogP contribution is -2.26. The first-order chi connectivity index (χ1) is 14.5. The van der Waals surface area contributed by atoms with Crippen LogP contribution < -0.4 is 29.8 Å². The molecule has 30 heavy (non-hydrogen) atoms. The Kier molecular flexibility index (Phi) is 6.64. The van der Waals surface area contributed by atoms with E-state index in [0.29, 0.717) is 29.9 Å². The van der Waals surface area contributed by atoms with Gasteiger partial charge in [-0.1, -0.05) is 12.1 Å². The van der Waals surface area contributed by atoms with E-state index in [1.165, 1.54) is 0 Å². The van der Waals surface area contributed by atoms with E-state index in [1.807, 2.05) is 56.4 Å². The highest BCUT2D eigenvalue weighted by Gasteiger charge is 2.16. The number of methoxy groups -OCH3 is 3. The van der Waals surface area contributed by atoms with Crippen molar-refractivity contribution < 1.29 is 18.9 Å². The molecule has 3 rings (SSSR count). The fraction of sp³-hybridized carbons (Fsp3) is 0.261. The van der Waals surface area contributed by atoms with E-state index < -0.39 is 0 Å². The molecule has 0 saturated carbocycles. The fourth-order valence-corrected chi connectivity index (χ4v) is 3.25. The van der Waals surface area contributed by atoms with Gasteiger partial charge in [0.25, 0.3) is 0 Å². The molecule has 0 saturated heterocycles. The third kappa shape index (κ3) is 4.41. The van der Waals surface area contributed by atoms with Crippen molar-refractivity contribution in [2.24, 2.45) is 5.84 Å². The van der Waals surface area contributed by atoms with Gasteiger partial charge in [-0.2, -0.15) is 4.98 Å². The highest BCUT2D eigenvalue weighted by molar-refractivity contribution is 5.76. The number of hydrazine groups is 1. The molecule has 2 N–H and O–H groups in total. The van der Waals surface area contributed by atoms with Crippen molar-refractivity contribution in [1.82, 2.24) is 4.98 Å². The van der Waals surface area contributed by atoms with Crippen LogP contribution in [0.25, 0.3) is 11.1 Å². The monoisotopic (exact) mass is 409 g/mol. The molecule has 0 bridgehead atoms. The van der Waals surface area contributed by atoms with E-state index in [1.54, 1.807) is 32.4 Å². The van der Waals surface area contributed by atoms with Crippen molar-refractivity contribution in [3.63, 3.8) is 0 Å². The number of anilines is 1. The first kappa shape index (κ1) is 21.3. The van der Waals surface area contributed by atoms with E-state index in [9.17, 15) is 0 Å². The number of pyridine rings is 1. The van der Waals surface area contributed by atoms with Crippen LogP contribution in [0.5, 0.6) is 23.3 Å². The second-order valence-electron chi connectivity index (χ2n) is 6.74. The van der Waals surface area contributed by atoms with E-state index in [-0.39, 0.29) is 0 Å². The molecule has 7 nitrogen and oxygen atoms in total. The Balaban J connectivity index is 1.95. The van der Waals surface area contributed by atoms with Crippen molar-refractivity contribution in [2.45, 2.75) is 13.5 Å². The molecule has 0 atom stereocenters. The number of nitrogens with two attached hydrogens (primary N) is 1. The lowest BCUT2D eigenvalue weighted by atomic mass is 10.0. The molecule has 158 valence electrons. The normalized spacial score (nSPS) is 10.5. The van der Waals surface area contributed by atoms with Crippen LogP contribution in [-0.2, 0) is 6.61 Å². The van der Waals surface area contributed by atoms with Crippen LogP contribution >= 0.6 is 0 Å². The lowest BCUT2D eigenvalue weighted by molar-refractivity contribution is 0.305. The van der Waals surface area contributed by atoms with E-state index >= 15 is 0 Å². The predicted octanol–water partition coefficient (Wildman–Crippen LogP) is 3.97. The second kappa shape index (κ2) is 9.37. The minimum atomic E-state index is 0.382. The minimum Gasteiger partial charge on any atom is -0.496 e. The summed E-state index contributed by atoms with van der Waals surface area (Å²) >= 11 is 0. The lowest BCUT2D eigenvalue weighted by Gasteiger charge is -2.20. The molecule has 1 aromatic heterocycles. The number of nitrogens with zero attached hydrogens (tertiary/aromatic N) is 2. The molecule has 0 unspecified atom stereocenters. The van der Waals surface area contributed by atoms with Crippen LogP contribution in [0.4, 0.5) is 5.69 Å². The highest BCUT2D eigenvalue weighted by atomic mass is 16.5. The number of ether oxygens (including phenoxy) is 4. The third-order valence-corrected chi connectivity index (χ3v) is 4.85. The first-order valence-electron chi connectivity index (χ1n) is 9.45. The first-order valence-corrected chi connectivity index (χ1v) is 9.45. The minimum absolute atomic E-state index is 0.382. The average Bonchev–Trinajstić information content (AvgIpc) is 2.77. The molecule has 0 radical (unpaired) electrons. The number of aromatic nitrogens is 1. The molecule has 3 aromatic rings. The zero-order valence-corrected chi connectivity index (χ0v) is 17.9. The number of hydrogen-bond acceptors (Lipinski definition) is 7. The number of hydrogen-bond donors (Lipinski definition) is 1. The van der Waals surface area contributed by atoms with Gasteiger partial charge in [0.15, 0.2) is 0 Å². The molecule has 0 amide bonds. The Morgan fingerprint density at radius 1 is 0.933 bits per heavy atom. The van der Waals surface area contributed by atoms with Gasteiger partial charge in [0.1, 0.15) is 18.1 Å². The van der Waals surface area contributed by atoms with Crippen molar-refractivity contribution >= 4 is 5.69 Å². The Hall–Kier alpha value is -3.45. The fourth-order valence-electron chi connectivity index (χ4n) is 3.25. The Labute approximate surface area is 176 Å². The van der Waals surface area contributed by atoms with E-state index in [2.05, 4.69) is 4.98 Å².